The molecule has 0 saturated heterocycles. The van der Waals surface area contributed by atoms with Crippen molar-refractivity contribution in [3.8, 4) is 11.3 Å². The van der Waals surface area contributed by atoms with Gasteiger partial charge >= 0.3 is 0 Å². The molecular formula is C13H14N6O. The second kappa shape index (κ2) is 6.07. The summed E-state index contributed by atoms with van der Waals surface area (Å²) in [5, 5.41) is 18.1. The van der Waals surface area contributed by atoms with Crippen LogP contribution in [-0.4, -0.2) is 32.1 Å². The molecule has 0 saturated carbocycles. The Balaban J connectivity index is 1.57. The summed E-state index contributed by atoms with van der Waals surface area (Å²) in [5.74, 6) is 0.695. The first-order chi connectivity index (χ1) is 9.93. The van der Waals surface area contributed by atoms with E-state index in [9.17, 15) is 0 Å². The molecule has 0 spiro atoms. The molecule has 0 bridgehead atoms. The minimum atomic E-state index is 0.637. The summed E-state index contributed by atoms with van der Waals surface area (Å²) in [7, 11) is 0. The van der Waals surface area contributed by atoms with Crippen LogP contribution in [0.3, 0.4) is 0 Å². The molecule has 3 rings (SSSR count). The van der Waals surface area contributed by atoms with Gasteiger partial charge in [-0.3, -0.25) is 0 Å². The van der Waals surface area contributed by atoms with Crippen molar-refractivity contribution in [2.45, 2.75) is 13.0 Å². The van der Waals surface area contributed by atoms with Gasteiger partial charge in [-0.25, -0.2) is 0 Å². The zero-order valence-corrected chi connectivity index (χ0v) is 10.8. The molecule has 1 aromatic carbocycles. The Morgan fingerprint density at radius 2 is 2.05 bits per heavy atom. The van der Waals surface area contributed by atoms with Crippen LogP contribution in [0.5, 0.6) is 0 Å². The third-order valence-electron chi connectivity index (χ3n) is 2.89. The monoisotopic (exact) mass is 270 g/mol. The van der Waals surface area contributed by atoms with Gasteiger partial charge in [-0.2, -0.15) is 20.4 Å². The Hall–Kier alpha value is -2.54. The van der Waals surface area contributed by atoms with Crippen molar-refractivity contribution in [3.63, 3.8) is 0 Å². The topological polar surface area (TPSA) is 92.5 Å². The number of nitrogens with one attached hydrogen (secondary N) is 2. The zero-order chi connectivity index (χ0) is 13.6. The second-order valence-electron chi connectivity index (χ2n) is 4.26. The molecule has 0 fully saturated rings. The van der Waals surface area contributed by atoms with E-state index in [2.05, 4.69) is 35.4 Å². The maximum Gasteiger partial charge on any atom is 0.213 e. The molecule has 0 aliphatic rings. The van der Waals surface area contributed by atoms with Gasteiger partial charge in [0.2, 0.25) is 6.39 Å². The third-order valence-corrected chi connectivity index (χ3v) is 2.89. The first-order valence-electron chi connectivity index (χ1n) is 6.34. The van der Waals surface area contributed by atoms with Crippen LogP contribution in [-0.2, 0) is 13.0 Å². The van der Waals surface area contributed by atoms with E-state index in [0.717, 1.165) is 29.9 Å². The van der Waals surface area contributed by atoms with Crippen molar-refractivity contribution < 1.29 is 4.52 Å². The standard InChI is InChI=1S/C13H14N6O/c1-2-4-10(5-3-1)13-11(16-19-17-13)8-14-7-6-12-15-9-20-18-12/h1-5,9,14H,6-8H2,(H,16,17,19). The van der Waals surface area contributed by atoms with E-state index in [4.69, 9.17) is 0 Å². The van der Waals surface area contributed by atoms with E-state index in [0.29, 0.717) is 12.4 Å². The minimum Gasteiger partial charge on any atom is -0.343 e. The van der Waals surface area contributed by atoms with Crippen molar-refractivity contribution >= 4 is 0 Å². The van der Waals surface area contributed by atoms with Crippen LogP contribution in [0.4, 0.5) is 0 Å². The van der Waals surface area contributed by atoms with Gasteiger partial charge in [-0.15, -0.1) is 0 Å². The molecule has 7 heteroatoms. The first-order valence-corrected chi connectivity index (χ1v) is 6.34. The first kappa shape index (κ1) is 12.5. The van der Waals surface area contributed by atoms with Gasteiger partial charge < -0.3 is 9.84 Å². The molecule has 0 atom stereocenters. The van der Waals surface area contributed by atoms with Crippen LogP contribution in [0.2, 0.25) is 0 Å². The highest BCUT2D eigenvalue weighted by atomic mass is 16.5. The van der Waals surface area contributed by atoms with Crippen LogP contribution < -0.4 is 5.32 Å². The highest BCUT2D eigenvalue weighted by molar-refractivity contribution is 5.60. The van der Waals surface area contributed by atoms with Gasteiger partial charge in [0.25, 0.3) is 0 Å². The van der Waals surface area contributed by atoms with Crippen LogP contribution >= 0.6 is 0 Å². The molecule has 0 aliphatic carbocycles. The summed E-state index contributed by atoms with van der Waals surface area (Å²) in [6.45, 7) is 1.39. The van der Waals surface area contributed by atoms with E-state index in [1.165, 1.54) is 6.39 Å². The fourth-order valence-corrected chi connectivity index (χ4v) is 1.91. The third kappa shape index (κ3) is 2.89. The summed E-state index contributed by atoms with van der Waals surface area (Å²) in [5.41, 5.74) is 2.82. The van der Waals surface area contributed by atoms with Crippen LogP contribution in [0, 0.1) is 0 Å². The summed E-state index contributed by atoms with van der Waals surface area (Å²) < 4.78 is 4.68. The van der Waals surface area contributed by atoms with E-state index in [1.54, 1.807) is 0 Å². The van der Waals surface area contributed by atoms with Gasteiger partial charge in [0, 0.05) is 25.1 Å². The fraction of sp³-hybridized carbons (Fsp3) is 0.231. The Morgan fingerprint density at radius 3 is 2.85 bits per heavy atom. The smallest absolute Gasteiger partial charge is 0.213 e. The fourth-order valence-electron chi connectivity index (χ4n) is 1.91. The lowest BCUT2D eigenvalue weighted by atomic mass is 10.1. The molecule has 20 heavy (non-hydrogen) atoms. The molecule has 0 radical (unpaired) electrons. The molecule has 102 valence electrons. The Kier molecular flexibility index (Phi) is 3.79. The largest absolute Gasteiger partial charge is 0.343 e. The molecule has 0 unspecified atom stereocenters. The Morgan fingerprint density at radius 1 is 1.15 bits per heavy atom. The Bertz CT molecular complexity index is 634. The highest BCUT2D eigenvalue weighted by Crippen LogP contribution is 2.18. The summed E-state index contributed by atoms with van der Waals surface area (Å²) in [6.07, 6.45) is 2.05. The molecule has 2 aromatic heterocycles. The molecule has 2 heterocycles. The molecule has 7 nitrogen and oxygen atoms in total. The highest BCUT2D eigenvalue weighted by Gasteiger charge is 2.09. The quantitative estimate of drug-likeness (QED) is 0.653. The van der Waals surface area contributed by atoms with Gasteiger partial charge in [-0.1, -0.05) is 35.5 Å². The predicted octanol–water partition coefficient (Wildman–Crippen LogP) is 1.19. The van der Waals surface area contributed by atoms with E-state index >= 15 is 0 Å². The van der Waals surface area contributed by atoms with Crippen LogP contribution in [0.15, 0.2) is 41.2 Å². The average molecular weight is 270 g/mol. The molecule has 0 aliphatic heterocycles. The van der Waals surface area contributed by atoms with E-state index in [1.807, 2.05) is 30.3 Å². The van der Waals surface area contributed by atoms with Crippen LogP contribution in [0.1, 0.15) is 11.5 Å². The van der Waals surface area contributed by atoms with Gasteiger partial charge in [0.05, 0.1) is 0 Å². The number of rotatable bonds is 6. The second-order valence-corrected chi connectivity index (χ2v) is 4.26. The number of nitrogens with zero attached hydrogens (tertiary/aromatic N) is 4. The minimum absolute atomic E-state index is 0.637. The number of aromatic amines is 1. The van der Waals surface area contributed by atoms with Gasteiger partial charge in [0.1, 0.15) is 11.4 Å². The predicted molar refractivity (Wildman–Crippen MR) is 71.5 cm³/mol. The SMILES string of the molecule is c1ccc(-c2n[nH]nc2CNCCc2ncon2)cc1. The number of H-pyrrole nitrogens is 1. The number of aromatic nitrogens is 5. The van der Waals surface area contributed by atoms with Crippen LogP contribution in [0.25, 0.3) is 11.3 Å². The number of benzene rings is 1. The summed E-state index contributed by atoms with van der Waals surface area (Å²) >= 11 is 0. The van der Waals surface area contributed by atoms with Crippen molar-refractivity contribution in [3.05, 3.63) is 48.2 Å². The number of hydrogen-bond acceptors (Lipinski definition) is 6. The summed E-state index contributed by atoms with van der Waals surface area (Å²) in [6, 6.07) is 9.97. The molecular weight excluding hydrogens is 256 g/mol. The van der Waals surface area contributed by atoms with Crippen molar-refractivity contribution in [2.24, 2.45) is 0 Å². The van der Waals surface area contributed by atoms with Gasteiger partial charge in [-0.05, 0) is 0 Å². The van der Waals surface area contributed by atoms with Gasteiger partial charge in [0.15, 0.2) is 5.82 Å². The maximum absolute atomic E-state index is 4.68. The lowest BCUT2D eigenvalue weighted by Gasteiger charge is -2.02. The van der Waals surface area contributed by atoms with Crippen molar-refractivity contribution in [2.75, 3.05) is 6.54 Å². The molecule has 0 amide bonds. The average Bonchev–Trinajstić information content (AvgIpc) is 3.16. The lowest BCUT2D eigenvalue weighted by Crippen LogP contribution is -2.17. The normalized spacial score (nSPS) is 10.8. The van der Waals surface area contributed by atoms with Crippen molar-refractivity contribution in [1.82, 2.24) is 30.9 Å². The summed E-state index contributed by atoms with van der Waals surface area (Å²) in [4.78, 5) is 3.96. The molecule has 2 N–H and O–H groups in total. The maximum atomic E-state index is 4.68. The Labute approximate surface area is 115 Å². The zero-order valence-electron chi connectivity index (χ0n) is 10.8. The molecule has 3 aromatic rings. The van der Waals surface area contributed by atoms with E-state index < -0.39 is 0 Å². The lowest BCUT2D eigenvalue weighted by molar-refractivity contribution is 0.409. The van der Waals surface area contributed by atoms with E-state index in [-0.39, 0.29) is 0 Å². The van der Waals surface area contributed by atoms with Crippen molar-refractivity contribution in [1.29, 1.82) is 0 Å². The number of hydrogen-bond donors (Lipinski definition) is 2.